The van der Waals surface area contributed by atoms with Gasteiger partial charge in [0, 0.05) is 25.2 Å². The molecule has 1 aromatic carbocycles. The van der Waals surface area contributed by atoms with Gasteiger partial charge >= 0.3 is 0 Å². The van der Waals surface area contributed by atoms with E-state index >= 15 is 0 Å². The molecule has 11 heteroatoms. The number of piperidine rings is 1. The Hall–Kier alpha value is -3.02. The molecule has 2 aliphatic rings. The lowest BCUT2D eigenvalue weighted by Crippen LogP contribution is -2.54. The van der Waals surface area contributed by atoms with E-state index in [4.69, 9.17) is 19.9 Å². The fourth-order valence-corrected chi connectivity index (χ4v) is 3.54. The summed E-state index contributed by atoms with van der Waals surface area (Å²) in [5.74, 6) is -2.08. The van der Waals surface area contributed by atoms with Crippen LogP contribution >= 0.6 is 0 Å². The van der Waals surface area contributed by atoms with Gasteiger partial charge in [0.25, 0.3) is 11.8 Å². The molecule has 3 rings (SSSR count). The van der Waals surface area contributed by atoms with Crippen LogP contribution < -0.4 is 21.1 Å². The van der Waals surface area contributed by atoms with E-state index in [0.29, 0.717) is 45.2 Å². The Morgan fingerprint density at radius 3 is 2.45 bits per heavy atom. The summed E-state index contributed by atoms with van der Waals surface area (Å²) in [6, 6.07) is 2.18. The standard InChI is InChI=1S/C20H26N4O7/c1-29-14-4-2-12(22-7-9-31-11-10-30-8-6-21)16-17(14)20(28)24(19(16)27)13-3-5-15(25)23-18(13)26/h2,4,13,22H,3,5-11,21H2,1H3,(H,23,25,26). The molecule has 0 bridgehead atoms. The second-order valence-electron chi connectivity index (χ2n) is 6.95. The van der Waals surface area contributed by atoms with Crippen LogP contribution in [0.3, 0.4) is 0 Å². The van der Waals surface area contributed by atoms with Gasteiger partial charge in [-0.15, -0.1) is 0 Å². The number of rotatable bonds is 11. The molecule has 1 unspecified atom stereocenters. The zero-order valence-corrected chi connectivity index (χ0v) is 17.3. The van der Waals surface area contributed by atoms with Gasteiger partial charge in [0.2, 0.25) is 11.8 Å². The summed E-state index contributed by atoms with van der Waals surface area (Å²) >= 11 is 0. The van der Waals surface area contributed by atoms with Crippen molar-refractivity contribution in [2.75, 3.05) is 51.9 Å². The number of nitrogens with two attached hydrogens (primary N) is 1. The molecule has 0 saturated carbocycles. The van der Waals surface area contributed by atoms with Gasteiger partial charge in [-0.05, 0) is 18.6 Å². The smallest absolute Gasteiger partial charge is 0.266 e. The molecule has 1 fully saturated rings. The molecular formula is C20H26N4O7. The van der Waals surface area contributed by atoms with Crippen LogP contribution in [0.15, 0.2) is 12.1 Å². The van der Waals surface area contributed by atoms with Gasteiger partial charge in [0.15, 0.2) is 0 Å². The summed E-state index contributed by atoms with van der Waals surface area (Å²) in [7, 11) is 1.40. The van der Waals surface area contributed by atoms with Gasteiger partial charge in [-0.1, -0.05) is 0 Å². The second-order valence-corrected chi connectivity index (χ2v) is 6.95. The number of carbonyl (C=O) groups excluding carboxylic acids is 4. The third kappa shape index (κ3) is 4.84. The molecular weight excluding hydrogens is 408 g/mol. The summed E-state index contributed by atoms with van der Waals surface area (Å²) in [5.41, 5.74) is 6.01. The largest absolute Gasteiger partial charge is 0.496 e. The van der Waals surface area contributed by atoms with Gasteiger partial charge in [-0.3, -0.25) is 29.4 Å². The van der Waals surface area contributed by atoms with Crippen LogP contribution in [0.1, 0.15) is 33.6 Å². The van der Waals surface area contributed by atoms with Crippen LogP contribution in [0.25, 0.3) is 0 Å². The lowest BCUT2D eigenvalue weighted by Gasteiger charge is -2.27. The Labute approximate surface area is 179 Å². The molecule has 2 heterocycles. The molecule has 2 aliphatic heterocycles. The highest BCUT2D eigenvalue weighted by Crippen LogP contribution is 2.37. The van der Waals surface area contributed by atoms with Crippen molar-refractivity contribution in [3.05, 3.63) is 23.3 Å². The summed E-state index contributed by atoms with van der Waals surface area (Å²) in [4.78, 5) is 50.8. The van der Waals surface area contributed by atoms with Crippen molar-refractivity contribution < 1.29 is 33.4 Å². The monoisotopic (exact) mass is 434 g/mol. The number of fused-ring (bicyclic) bond motifs is 1. The zero-order chi connectivity index (χ0) is 22.4. The average molecular weight is 434 g/mol. The summed E-state index contributed by atoms with van der Waals surface area (Å²) in [6.07, 6.45) is 0.139. The molecule has 1 aromatic rings. The first-order valence-electron chi connectivity index (χ1n) is 10.0. The van der Waals surface area contributed by atoms with Crippen LogP contribution in [0.2, 0.25) is 0 Å². The highest BCUT2D eigenvalue weighted by molar-refractivity contribution is 6.26. The van der Waals surface area contributed by atoms with E-state index in [1.165, 1.54) is 7.11 Å². The second kappa shape index (κ2) is 10.3. The van der Waals surface area contributed by atoms with E-state index in [2.05, 4.69) is 10.6 Å². The zero-order valence-electron chi connectivity index (χ0n) is 17.3. The van der Waals surface area contributed by atoms with Crippen LogP contribution in [0, 0.1) is 0 Å². The Kier molecular flexibility index (Phi) is 7.55. The third-order valence-corrected chi connectivity index (χ3v) is 4.97. The lowest BCUT2D eigenvalue weighted by molar-refractivity contribution is -0.136. The predicted molar refractivity (Wildman–Crippen MR) is 109 cm³/mol. The lowest BCUT2D eigenvalue weighted by atomic mass is 10.0. The van der Waals surface area contributed by atoms with Crippen molar-refractivity contribution in [2.24, 2.45) is 5.73 Å². The number of imide groups is 2. The number of methoxy groups -OCH3 is 1. The summed E-state index contributed by atoms with van der Waals surface area (Å²) in [6.45, 7) is 2.50. The Bertz CT molecular complexity index is 873. The van der Waals surface area contributed by atoms with E-state index in [9.17, 15) is 19.2 Å². The van der Waals surface area contributed by atoms with Crippen LogP contribution in [0.5, 0.6) is 5.75 Å². The summed E-state index contributed by atoms with van der Waals surface area (Å²) in [5, 5.41) is 5.27. The number of hydrogen-bond acceptors (Lipinski definition) is 9. The Morgan fingerprint density at radius 1 is 1.06 bits per heavy atom. The van der Waals surface area contributed by atoms with Crippen molar-refractivity contribution in [1.29, 1.82) is 0 Å². The van der Waals surface area contributed by atoms with Gasteiger partial charge in [0.05, 0.1) is 44.7 Å². The maximum Gasteiger partial charge on any atom is 0.266 e. The third-order valence-electron chi connectivity index (χ3n) is 4.97. The molecule has 0 spiro atoms. The van der Waals surface area contributed by atoms with Crippen molar-refractivity contribution >= 4 is 29.3 Å². The predicted octanol–water partition coefficient (Wildman–Crippen LogP) is -0.500. The molecule has 1 saturated heterocycles. The maximum absolute atomic E-state index is 13.1. The topological polar surface area (TPSA) is 149 Å². The van der Waals surface area contributed by atoms with Crippen molar-refractivity contribution in [2.45, 2.75) is 18.9 Å². The van der Waals surface area contributed by atoms with Crippen molar-refractivity contribution in [3.63, 3.8) is 0 Å². The number of hydrogen-bond donors (Lipinski definition) is 3. The SMILES string of the molecule is COc1ccc(NCCOCCOCCN)c2c1C(=O)N(C1CCC(=O)NC1=O)C2=O. The van der Waals surface area contributed by atoms with E-state index < -0.39 is 29.7 Å². The molecule has 1 atom stereocenters. The van der Waals surface area contributed by atoms with E-state index in [1.54, 1.807) is 12.1 Å². The number of carbonyl (C=O) groups is 4. The molecule has 4 N–H and O–H groups in total. The van der Waals surface area contributed by atoms with E-state index in [0.717, 1.165) is 4.90 Å². The number of benzene rings is 1. The highest BCUT2D eigenvalue weighted by atomic mass is 16.5. The minimum Gasteiger partial charge on any atom is -0.496 e. The quantitative estimate of drug-likeness (QED) is 0.309. The number of nitrogens with one attached hydrogen (secondary N) is 2. The minimum atomic E-state index is -1.04. The molecule has 0 aromatic heterocycles. The number of amides is 4. The van der Waals surface area contributed by atoms with Crippen LogP contribution in [-0.2, 0) is 19.1 Å². The van der Waals surface area contributed by atoms with Gasteiger partial charge < -0.3 is 25.3 Å². The summed E-state index contributed by atoms with van der Waals surface area (Å²) < 4.78 is 15.9. The first kappa shape index (κ1) is 22.7. The van der Waals surface area contributed by atoms with Crippen molar-refractivity contribution in [3.8, 4) is 5.75 Å². The molecule has 0 aliphatic carbocycles. The van der Waals surface area contributed by atoms with Gasteiger partial charge in [0.1, 0.15) is 11.8 Å². The molecule has 4 amide bonds. The first-order chi connectivity index (χ1) is 15.0. The number of ether oxygens (including phenoxy) is 3. The molecule has 31 heavy (non-hydrogen) atoms. The molecule has 0 radical (unpaired) electrons. The fourth-order valence-electron chi connectivity index (χ4n) is 3.54. The van der Waals surface area contributed by atoms with Gasteiger partial charge in [-0.25, -0.2) is 0 Å². The van der Waals surface area contributed by atoms with Crippen molar-refractivity contribution in [1.82, 2.24) is 10.2 Å². The molecule has 168 valence electrons. The number of anilines is 1. The fraction of sp³-hybridized carbons (Fsp3) is 0.500. The highest BCUT2D eigenvalue weighted by Gasteiger charge is 2.47. The van der Waals surface area contributed by atoms with Gasteiger partial charge in [-0.2, -0.15) is 0 Å². The van der Waals surface area contributed by atoms with E-state index in [1.807, 2.05) is 0 Å². The average Bonchev–Trinajstić information content (AvgIpc) is 3.01. The van der Waals surface area contributed by atoms with Crippen LogP contribution in [-0.4, -0.2) is 81.2 Å². The minimum absolute atomic E-state index is 0.0540. The normalized spacial score (nSPS) is 18.3. The molecule has 11 nitrogen and oxygen atoms in total. The Morgan fingerprint density at radius 2 is 1.77 bits per heavy atom. The van der Waals surface area contributed by atoms with E-state index in [-0.39, 0.29) is 29.7 Å². The first-order valence-corrected chi connectivity index (χ1v) is 10.0. The number of nitrogens with zero attached hydrogens (tertiary/aromatic N) is 1. The van der Waals surface area contributed by atoms with Crippen LogP contribution in [0.4, 0.5) is 5.69 Å². The maximum atomic E-state index is 13.1. The Balaban J connectivity index is 1.71.